The number of aryl methyl sites for hydroxylation is 1. The van der Waals surface area contributed by atoms with Crippen LogP contribution in [-0.2, 0) is 40.2 Å². The third kappa shape index (κ3) is 5.29. The number of rotatable bonds is 6. The molecule has 2 saturated heterocycles. The van der Waals surface area contributed by atoms with Crippen LogP contribution in [0.2, 0.25) is 0 Å². The van der Waals surface area contributed by atoms with E-state index in [1.54, 1.807) is 18.2 Å². The number of halogens is 3. The molecule has 0 saturated carbocycles. The Morgan fingerprint density at radius 2 is 1.81 bits per heavy atom. The molecule has 2 aromatic carbocycles. The van der Waals surface area contributed by atoms with Crippen LogP contribution in [0.25, 0.3) is 10.8 Å². The van der Waals surface area contributed by atoms with Crippen molar-refractivity contribution in [3.05, 3.63) is 75.2 Å². The summed E-state index contributed by atoms with van der Waals surface area (Å²) < 4.78 is 51.3. The lowest BCUT2D eigenvalue weighted by atomic mass is 9.93. The van der Waals surface area contributed by atoms with Gasteiger partial charge in [0, 0.05) is 17.5 Å². The van der Waals surface area contributed by atoms with Crippen molar-refractivity contribution >= 4 is 22.6 Å². The molecule has 2 bridgehead atoms. The van der Waals surface area contributed by atoms with Gasteiger partial charge in [-0.25, -0.2) is 9.48 Å². The molecule has 9 nitrogen and oxygen atoms in total. The van der Waals surface area contributed by atoms with Gasteiger partial charge >= 0.3 is 12.1 Å². The number of morpholine rings is 1. The molecule has 4 atom stereocenters. The van der Waals surface area contributed by atoms with Gasteiger partial charge in [-0.05, 0) is 55.0 Å². The largest absolute Gasteiger partial charge is 0.490 e. The van der Waals surface area contributed by atoms with E-state index in [1.165, 1.54) is 0 Å². The van der Waals surface area contributed by atoms with Crippen LogP contribution in [0.4, 0.5) is 13.2 Å². The van der Waals surface area contributed by atoms with E-state index in [0.29, 0.717) is 49.2 Å². The number of hydrogen-bond donors (Lipinski definition) is 1. The van der Waals surface area contributed by atoms with E-state index in [2.05, 4.69) is 10.4 Å². The number of alkyl halides is 3. The highest BCUT2D eigenvalue weighted by Crippen LogP contribution is 2.31. The van der Waals surface area contributed by atoms with E-state index in [4.69, 9.17) is 9.47 Å². The second-order valence-corrected chi connectivity index (χ2v) is 11.1. The molecule has 3 aliphatic heterocycles. The molecule has 2 unspecified atom stereocenters. The van der Waals surface area contributed by atoms with Crippen molar-refractivity contribution in [2.75, 3.05) is 13.2 Å². The molecular weight excluding hydrogens is 553 g/mol. The van der Waals surface area contributed by atoms with Gasteiger partial charge in [0.2, 0.25) is 0 Å². The van der Waals surface area contributed by atoms with Crippen LogP contribution in [0.1, 0.15) is 46.9 Å². The fraction of sp³-hybridized carbons (Fsp3) is 0.467. The van der Waals surface area contributed by atoms with Gasteiger partial charge in [-0.2, -0.15) is 18.3 Å². The Hall–Kier alpha value is -3.77. The summed E-state index contributed by atoms with van der Waals surface area (Å²) in [5.41, 5.74) is 2.33. The number of esters is 1. The Morgan fingerprint density at radius 1 is 1.10 bits per heavy atom. The number of carbonyl (C=O) groups is 2. The zero-order chi connectivity index (χ0) is 29.6. The molecule has 3 aromatic rings. The minimum Gasteiger partial charge on any atom is -0.452 e. The monoisotopic (exact) mass is 584 g/mol. The standard InChI is InChI=1S/C30H31F3N4O5/c1-2-24-23-11-18(27(38)37-20-8-9-21(37)16-41-15-20)7-10-22(23)28(39)36(35-24)14-26(42-29(40)30(31,32)33)25-12-17-5-3-4-6-19(17)13-34-25/h3-7,10-11,20-21,25-26,34H,2,8-9,12-16H2,1H3/t20?,21?,25-,26+/m0/s1. The molecule has 0 aliphatic carbocycles. The first-order valence-corrected chi connectivity index (χ1v) is 14.2. The lowest BCUT2D eigenvalue weighted by molar-refractivity contribution is -0.207. The topological polar surface area (TPSA) is 103 Å². The van der Waals surface area contributed by atoms with Crippen molar-refractivity contribution in [3.63, 3.8) is 0 Å². The molecule has 4 heterocycles. The van der Waals surface area contributed by atoms with Crippen LogP contribution < -0.4 is 10.9 Å². The highest BCUT2D eigenvalue weighted by Gasteiger charge is 2.44. The summed E-state index contributed by atoms with van der Waals surface area (Å²) in [5, 5.41) is 8.44. The molecule has 2 fully saturated rings. The molecule has 0 spiro atoms. The van der Waals surface area contributed by atoms with Gasteiger partial charge in [-0.15, -0.1) is 0 Å². The number of nitrogens with zero attached hydrogens (tertiary/aromatic N) is 3. The molecular formula is C30H31F3N4O5. The molecule has 6 rings (SSSR count). The van der Waals surface area contributed by atoms with Crippen molar-refractivity contribution in [2.45, 2.75) is 76.1 Å². The number of aromatic nitrogens is 2. The number of ether oxygens (including phenoxy) is 2. The Morgan fingerprint density at radius 3 is 2.50 bits per heavy atom. The number of nitrogens with one attached hydrogen (secondary N) is 1. The van der Waals surface area contributed by atoms with Crippen LogP contribution >= 0.6 is 0 Å². The summed E-state index contributed by atoms with van der Waals surface area (Å²) in [6.45, 7) is 2.85. The van der Waals surface area contributed by atoms with E-state index >= 15 is 0 Å². The fourth-order valence-corrected chi connectivity index (χ4v) is 6.34. The molecule has 1 N–H and O–H groups in total. The minimum absolute atomic E-state index is 0.0282. The molecule has 0 radical (unpaired) electrons. The van der Waals surface area contributed by atoms with Crippen LogP contribution in [0.15, 0.2) is 47.3 Å². The van der Waals surface area contributed by atoms with Gasteiger partial charge in [-0.3, -0.25) is 9.59 Å². The number of amides is 1. The predicted octanol–water partition coefficient (Wildman–Crippen LogP) is 3.15. The van der Waals surface area contributed by atoms with Crippen molar-refractivity contribution in [2.24, 2.45) is 0 Å². The van der Waals surface area contributed by atoms with E-state index < -0.39 is 29.9 Å². The van der Waals surface area contributed by atoms with Gasteiger partial charge in [0.05, 0.1) is 49.0 Å². The lowest BCUT2D eigenvalue weighted by Gasteiger charge is -2.34. The van der Waals surface area contributed by atoms with Crippen molar-refractivity contribution in [1.29, 1.82) is 0 Å². The maximum absolute atomic E-state index is 13.6. The maximum Gasteiger partial charge on any atom is 0.490 e. The molecule has 1 amide bonds. The zero-order valence-electron chi connectivity index (χ0n) is 23.0. The Kier molecular flexibility index (Phi) is 7.52. The lowest BCUT2D eigenvalue weighted by Crippen LogP contribution is -2.50. The maximum atomic E-state index is 13.6. The molecule has 12 heteroatoms. The smallest absolute Gasteiger partial charge is 0.452 e. The number of fused-ring (bicyclic) bond motifs is 4. The van der Waals surface area contributed by atoms with E-state index in [0.717, 1.165) is 28.7 Å². The highest BCUT2D eigenvalue weighted by atomic mass is 19.4. The summed E-state index contributed by atoms with van der Waals surface area (Å²) >= 11 is 0. The average molecular weight is 585 g/mol. The Balaban J connectivity index is 1.32. The Bertz CT molecular complexity index is 1570. The van der Waals surface area contributed by atoms with E-state index in [1.807, 2.05) is 36.1 Å². The summed E-state index contributed by atoms with van der Waals surface area (Å²) in [6.07, 6.45) is -4.03. The fourth-order valence-electron chi connectivity index (χ4n) is 6.34. The van der Waals surface area contributed by atoms with E-state index in [-0.39, 0.29) is 29.9 Å². The molecule has 42 heavy (non-hydrogen) atoms. The average Bonchev–Trinajstić information content (AvgIpc) is 3.24. The second-order valence-electron chi connectivity index (χ2n) is 11.1. The molecule has 1 aromatic heterocycles. The van der Waals surface area contributed by atoms with Crippen molar-refractivity contribution in [3.8, 4) is 0 Å². The first-order chi connectivity index (χ1) is 20.1. The highest BCUT2D eigenvalue weighted by molar-refractivity contribution is 5.99. The zero-order valence-corrected chi connectivity index (χ0v) is 23.0. The quantitative estimate of drug-likeness (QED) is 0.444. The van der Waals surface area contributed by atoms with Gasteiger partial charge in [0.1, 0.15) is 6.10 Å². The van der Waals surface area contributed by atoms with Gasteiger partial charge < -0.3 is 19.7 Å². The first-order valence-electron chi connectivity index (χ1n) is 14.2. The van der Waals surface area contributed by atoms with Crippen molar-refractivity contribution < 1.29 is 32.2 Å². The van der Waals surface area contributed by atoms with Gasteiger partial charge in [-0.1, -0.05) is 31.2 Å². The predicted molar refractivity (Wildman–Crippen MR) is 146 cm³/mol. The summed E-state index contributed by atoms with van der Waals surface area (Å²) in [6, 6.07) is 11.7. The minimum atomic E-state index is -5.19. The van der Waals surface area contributed by atoms with Crippen LogP contribution in [0.3, 0.4) is 0 Å². The number of carbonyl (C=O) groups excluding carboxylic acids is 2. The van der Waals surface area contributed by atoms with E-state index in [9.17, 15) is 27.6 Å². The van der Waals surface area contributed by atoms with Gasteiger partial charge in [0.25, 0.3) is 11.5 Å². The van der Waals surface area contributed by atoms with Crippen molar-refractivity contribution in [1.82, 2.24) is 20.0 Å². The SMILES string of the molecule is CCc1nn(C[C@@H](OC(=O)C(F)(F)F)[C@@H]2Cc3ccccc3CN2)c(=O)c2ccc(C(=O)N3C4CCC3COC4)cc12. The van der Waals surface area contributed by atoms with Crippen LogP contribution in [0.5, 0.6) is 0 Å². The third-order valence-electron chi connectivity index (χ3n) is 8.50. The normalized spacial score (nSPS) is 22.6. The molecule has 3 aliphatic rings. The van der Waals surface area contributed by atoms with Crippen LogP contribution in [0, 0.1) is 0 Å². The number of benzene rings is 2. The summed E-state index contributed by atoms with van der Waals surface area (Å²) in [4.78, 5) is 40.9. The molecule has 222 valence electrons. The van der Waals surface area contributed by atoms with Gasteiger partial charge in [0.15, 0.2) is 0 Å². The Labute approximate surface area is 239 Å². The third-order valence-corrected chi connectivity index (χ3v) is 8.50. The summed E-state index contributed by atoms with van der Waals surface area (Å²) in [5.74, 6) is -2.44. The van der Waals surface area contributed by atoms with Crippen LogP contribution in [-0.4, -0.2) is 70.2 Å². The number of hydrogen-bond acceptors (Lipinski definition) is 7. The summed E-state index contributed by atoms with van der Waals surface area (Å²) in [7, 11) is 0. The first kappa shape index (κ1) is 28.4. The second kappa shape index (κ2) is 11.1.